The molecule has 0 spiro atoms. The molecule has 1 aliphatic carbocycles. The molecular formula is C7H11NaO3. The van der Waals surface area contributed by atoms with Gasteiger partial charge in [-0.15, -0.1) is 0 Å². The van der Waals surface area contributed by atoms with Crippen LogP contribution in [-0.4, -0.2) is 17.7 Å². The molecule has 0 unspecified atom stereocenters. The van der Waals surface area contributed by atoms with Crippen molar-refractivity contribution in [3.63, 3.8) is 0 Å². The van der Waals surface area contributed by atoms with Gasteiger partial charge in [0.25, 0.3) is 0 Å². The van der Waals surface area contributed by atoms with Gasteiger partial charge in [-0.2, -0.15) is 0 Å². The Morgan fingerprint density at radius 2 is 2.09 bits per heavy atom. The molecule has 0 aromatic carbocycles. The first-order chi connectivity index (χ1) is 4.51. The smallest absolute Gasteiger partial charge is 0.550 e. The van der Waals surface area contributed by atoms with E-state index in [0.717, 1.165) is 0 Å². The van der Waals surface area contributed by atoms with Crippen LogP contribution in [0.5, 0.6) is 0 Å². The van der Waals surface area contributed by atoms with Crippen LogP contribution in [0.15, 0.2) is 0 Å². The Bertz CT molecular complexity index is 167. The third kappa shape index (κ3) is 1.78. The number of carboxylic acid groups (broad SMARTS) is 1. The second-order valence-corrected chi connectivity index (χ2v) is 3.41. The van der Waals surface area contributed by atoms with Gasteiger partial charge in [0.2, 0.25) is 0 Å². The second-order valence-electron chi connectivity index (χ2n) is 3.41. The number of aliphatic carboxylic acids is 1. The number of carbonyl (C=O) groups is 1. The van der Waals surface area contributed by atoms with E-state index in [2.05, 4.69) is 0 Å². The summed E-state index contributed by atoms with van der Waals surface area (Å²) in [6, 6.07) is 0. The molecule has 1 rings (SSSR count). The maximum atomic E-state index is 10.3. The van der Waals surface area contributed by atoms with Crippen molar-refractivity contribution >= 4 is 5.97 Å². The molecule has 1 N–H and O–H groups in total. The van der Waals surface area contributed by atoms with Gasteiger partial charge in [0, 0.05) is 18.5 Å². The van der Waals surface area contributed by atoms with Gasteiger partial charge in [0.1, 0.15) is 0 Å². The molecule has 0 saturated heterocycles. The van der Waals surface area contributed by atoms with E-state index < -0.39 is 11.9 Å². The molecule has 0 heterocycles. The quantitative estimate of drug-likeness (QED) is 0.425. The Morgan fingerprint density at radius 1 is 1.64 bits per heavy atom. The topological polar surface area (TPSA) is 60.4 Å². The normalized spacial score (nSPS) is 32.3. The van der Waals surface area contributed by atoms with Crippen LogP contribution in [0.1, 0.15) is 13.8 Å². The van der Waals surface area contributed by atoms with E-state index in [4.69, 9.17) is 5.11 Å². The van der Waals surface area contributed by atoms with Gasteiger partial charge in [-0.3, -0.25) is 0 Å². The predicted molar refractivity (Wildman–Crippen MR) is 32.9 cm³/mol. The number of hydrogen-bond acceptors (Lipinski definition) is 3. The average molecular weight is 166 g/mol. The summed E-state index contributed by atoms with van der Waals surface area (Å²) in [5.74, 6) is -1.58. The molecule has 1 fully saturated rings. The summed E-state index contributed by atoms with van der Waals surface area (Å²) >= 11 is 0. The fraction of sp³-hybridized carbons (Fsp3) is 0.857. The summed E-state index contributed by atoms with van der Waals surface area (Å²) in [6.07, 6.45) is 0. The van der Waals surface area contributed by atoms with Gasteiger partial charge >= 0.3 is 29.6 Å². The van der Waals surface area contributed by atoms with Crippen LogP contribution in [0.25, 0.3) is 0 Å². The van der Waals surface area contributed by atoms with Gasteiger partial charge < -0.3 is 15.0 Å². The molecule has 1 aliphatic rings. The van der Waals surface area contributed by atoms with E-state index in [1.807, 2.05) is 13.8 Å². The largest absolute Gasteiger partial charge is 1.00 e. The van der Waals surface area contributed by atoms with E-state index >= 15 is 0 Å². The molecule has 0 aliphatic heterocycles. The van der Waals surface area contributed by atoms with Crippen molar-refractivity contribution in [3.8, 4) is 0 Å². The molecule has 1 saturated carbocycles. The summed E-state index contributed by atoms with van der Waals surface area (Å²) in [5.41, 5.74) is -0.256. The van der Waals surface area contributed by atoms with E-state index in [9.17, 15) is 9.90 Å². The minimum absolute atomic E-state index is 0. The Hall–Kier alpha value is 0.430. The number of carboxylic acids is 1. The minimum Gasteiger partial charge on any atom is -0.550 e. The zero-order valence-corrected chi connectivity index (χ0v) is 9.13. The second kappa shape index (κ2) is 3.44. The molecule has 0 bridgehead atoms. The predicted octanol–water partition coefficient (Wildman–Crippen LogP) is -4.00. The van der Waals surface area contributed by atoms with Crippen LogP contribution in [0.4, 0.5) is 0 Å². The molecule has 4 heteroatoms. The number of aliphatic hydroxyl groups is 1. The molecule has 0 amide bonds. The standard InChI is InChI=1S/C7H12O3.Na/c1-7(2)4(3-8)5(7)6(9)10;/h4-5,8H,3H2,1-2H3,(H,9,10);/q;+1/p-1/t4-,5-;/m0./s1. The first-order valence-corrected chi connectivity index (χ1v) is 3.33. The molecule has 0 aromatic rings. The zero-order valence-electron chi connectivity index (χ0n) is 7.13. The summed E-state index contributed by atoms with van der Waals surface area (Å²) < 4.78 is 0. The fourth-order valence-electron chi connectivity index (χ4n) is 1.55. The molecule has 3 nitrogen and oxygen atoms in total. The minimum atomic E-state index is -1.04. The summed E-state index contributed by atoms with van der Waals surface area (Å²) in [4.78, 5) is 10.3. The van der Waals surface area contributed by atoms with Crippen molar-refractivity contribution in [1.29, 1.82) is 0 Å². The molecule has 2 atom stereocenters. The maximum Gasteiger partial charge on any atom is 1.00 e. The first kappa shape index (κ1) is 11.4. The number of aliphatic hydroxyl groups excluding tert-OH is 1. The van der Waals surface area contributed by atoms with Gasteiger partial charge in [-0.1, -0.05) is 13.8 Å². The van der Waals surface area contributed by atoms with Crippen LogP contribution in [-0.2, 0) is 4.79 Å². The van der Waals surface area contributed by atoms with Crippen molar-refractivity contribution in [2.75, 3.05) is 6.61 Å². The van der Waals surface area contributed by atoms with Crippen molar-refractivity contribution in [1.82, 2.24) is 0 Å². The molecular weight excluding hydrogens is 155 g/mol. The zero-order chi connectivity index (χ0) is 7.94. The number of hydrogen-bond donors (Lipinski definition) is 1. The van der Waals surface area contributed by atoms with Crippen LogP contribution < -0.4 is 34.7 Å². The monoisotopic (exact) mass is 166 g/mol. The third-order valence-electron chi connectivity index (χ3n) is 2.50. The van der Waals surface area contributed by atoms with E-state index in [0.29, 0.717) is 0 Å². The maximum absolute atomic E-state index is 10.3. The van der Waals surface area contributed by atoms with Gasteiger partial charge in [-0.05, 0) is 11.3 Å². The molecule has 58 valence electrons. The molecule has 0 radical (unpaired) electrons. The number of carbonyl (C=O) groups excluding carboxylic acids is 1. The Kier molecular flexibility index (Phi) is 3.57. The van der Waals surface area contributed by atoms with Crippen LogP contribution in [0, 0.1) is 17.3 Å². The van der Waals surface area contributed by atoms with E-state index in [1.54, 1.807) is 0 Å². The average Bonchev–Trinajstić information content (AvgIpc) is 2.33. The van der Waals surface area contributed by atoms with Crippen molar-refractivity contribution in [2.24, 2.45) is 17.3 Å². The Balaban J connectivity index is 0.000001000. The van der Waals surface area contributed by atoms with Crippen LogP contribution in [0.3, 0.4) is 0 Å². The van der Waals surface area contributed by atoms with Gasteiger partial charge in [0.05, 0.1) is 0 Å². The van der Waals surface area contributed by atoms with Crippen molar-refractivity contribution in [3.05, 3.63) is 0 Å². The Labute approximate surface area is 88.1 Å². The summed E-state index contributed by atoms with van der Waals surface area (Å²) in [7, 11) is 0. The first-order valence-electron chi connectivity index (χ1n) is 3.33. The van der Waals surface area contributed by atoms with E-state index in [-0.39, 0.29) is 47.5 Å². The Morgan fingerprint density at radius 3 is 2.18 bits per heavy atom. The molecule has 11 heavy (non-hydrogen) atoms. The fourth-order valence-corrected chi connectivity index (χ4v) is 1.55. The summed E-state index contributed by atoms with van der Waals surface area (Å²) in [6.45, 7) is 3.61. The van der Waals surface area contributed by atoms with Crippen molar-refractivity contribution in [2.45, 2.75) is 13.8 Å². The van der Waals surface area contributed by atoms with Crippen LogP contribution >= 0.6 is 0 Å². The molecule has 0 aromatic heterocycles. The van der Waals surface area contributed by atoms with Crippen molar-refractivity contribution < 1.29 is 44.6 Å². The van der Waals surface area contributed by atoms with Crippen LogP contribution in [0.2, 0.25) is 0 Å². The van der Waals surface area contributed by atoms with Gasteiger partial charge in [-0.25, -0.2) is 0 Å². The SMILES string of the molecule is CC1(C)[C@H](C(=O)[O-])[C@@H]1CO.[Na+]. The van der Waals surface area contributed by atoms with Gasteiger partial charge in [0.15, 0.2) is 0 Å². The van der Waals surface area contributed by atoms with E-state index in [1.165, 1.54) is 0 Å². The summed E-state index contributed by atoms with van der Waals surface area (Å²) in [5, 5.41) is 19.0. The third-order valence-corrected chi connectivity index (χ3v) is 2.50. The number of rotatable bonds is 2.